The topological polar surface area (TPSA) is 109 Å². The van der Waals surface area contributed by atoms with Crippen LogP contribution in [-0.4, -0.2) is 22.9 Å². The largest absolute Gasteiger partial charge is 0.481 e. The van der Waals surface area contributed by atoms with Gasteiger partial charge in [-0.25, -0.2) is 0 Å². The highest BCUT2D eigenvalue weighted by Crippen LogP contribution is 2.49. The number of furan rings is 1. The maximum Gasteiger partial charge on any atom is 0.307 e. The summed E-state index contributed by atoms with van der Waals surface area (Å²) in [6, 6.07) is 3.55. The van der Waals surface area contributed by atoms with Crippen molar-refractivity contribution in [2.45, 2.75) is 32.2 Å². The van der Waals surface area contributed by atoms with E-state index in [1.807, 2.05) is 12.2 Å². The lowest BCUT2D eigenvalue weighted by atomic mass is 9.82. The van der Waals surface area contributed by atoms with Crippen molar-refractivity contribution in [2.24, 2.45) is 23.7 Å². The molecule has 0 saturated heterocycles. The van der Waals surface area contributed by atoms with Crippen molar-refractivity contribution < 1.29 is 23.9 Å². The molecule has 2 aromatic rings. The summed E-state index contributed by atoms with van der Waals surface area (Å²) in [6.07, 6.45) is 8.82. The zero-order chi connectivity index (χ0) is 20.8. The number of anilines is 1. The molecule has 156 valence electrons. The van der Waals surface area contributed by atoms with Gasteiger partial charge in [0.05, 0.1) is 30.2 Å². The average molecular weight is 426 g/mol. The minimum Gasteiger partial charge on any atom is -0.481 e. The van der Waals surface area contributed by atoms with E-state index in [2.05, 4.69) is 10.6 Å². The molecule has 0 unspecified atom stereocenters. The molecule has 7 nitrogen and oxygen atoms in total. The Kier molecular flexibility index (Phi) is 4.73. The van der Waals surface area contributed by atoms with E-state index in [0.29, 0.717) is 22.7 Å². The van der Waals surface area contributed by atoms with Crippen LogP contribution in [0.1, 0.15) is 39.4 Å². The summed E-state index contributed by atoms with van der Waals surface area (Å²) in [5, 5.41) is 16.0. The van der Waals surface area contributed by atoms with Gasteiger partial charge < -0.3 is 20.2 Å². The Morgan fingerprint density at radius 3 is 2.70 bits per heavy atom. The molecular formula is C22H22N2O5S. The second-order valence-electron chi connectivity index (χ2n) is 8.15. The first-order valence-corrected chi connectivity index (χ1v) is 11.0. The van der Waals surface area contributed by atoms with E-state index < -0.39 is 17.8 Å². The predicted octanol–water partition coefficient (Wildman–Crippen LogP) is 3.22. The van der Waals surface area contributed by atoms with Crippen LogP contribution in [0.4, 0.5) is 5.00 Å². The van der Waals surface area contributed by atoms with Gasteiger partial charge in [0.25, 0.3) is 5.91 Å². The Morgan fingerprint density at radius 2 is 1.97 bits per heavy atom. The lowest BCUT2D eigenvalue weighted by molar-refractivity contribution is -0.146. The summed E-state index contributed by atoms with van der Waals surface area (Å²) < 4.78 is 5.27. The number of thiophene rings is 1. The zero-order valence-electron chi connectivity index (χ0n) is 16.2. The molecule has 30 heavy (non-hydrogen) atoms. The molecule has 8 heteroatoms. The molecule has 2 heterocycles. The molecule has 0 aromatic carbocycles. The highest BCUT2D eigenvalue weighted by Gasteiger charge is 2.51. The van der Waals surface area contributed by atoms with Crippen LogP contribution in [0.5, 0.6) is 0 Å². The summed E-state index contributed by atoms with van der Waals surface area (Å²) in [5.41, 5.74) is 1.51. The van der Waals surface area contributed by atoms with Crippen molar-refractivity contribution in [3.63, 3.8) is 0 Å². The van der Waals surface area contributed by atoms with Gasteiger partial charge in [-0.3, -0.25) is 14.4 Å². The summed E-state index contributed by atoms with van der Waals surface area (Å²) in [6.45, 7) is 0.266. The number of rotatable bonds is 6. The minimum atomic E-state index is -0.933. The maximum atomic E-state index is 13.1. The molecule has 2 amide bonds. The Balaban J connectivity index is 1.38. The van der Waals surface area contributed by atoms with Crippen LogP contribution < -0.4 is 10.6 Å². The standard InChI is InChI=1S/C22H22N2O5S/c25-19(23-10-13-3-2-8-29-13)18-14-4-1-5-15(14)30-21(18)24-20(26)16-11-6-7-12(9-11)17(16)22(27)28/h2-3,6-8,11-12,16-17H,1,4-5,9-10H2,(H,23,25)(H,24,26)(H,27,28)/t11-,12-,16+,17-/m0/s1. The molecule has 2 aromatic heterocycles. The van der Waals surface area contributed by atoms with E-state index in [1.165, 1.54) is 11.3 Å². The van der Waals surface area contributed by atoms with Crippen molar-refractivity contribution in [1.29, 1.82) is 0 Å². The molecule has 0 radical (unpaired) electrons. The van der Waals surface area contributed by atoms with E-state index in [4.69, 9.17) is 4.42 Å². The van der Waals surface area contributed by atoms with Gasteiger partial charge in [0, 0.05) is 4.88 Å². The van der Waals surface area contributed by atoms with Crippen LogP contribution in [-0.2, 0) is 29.0 Å². The molecule has 1 fully saturated rings. The summed E-state index contributed by atoms with van der Waals surface area (Å²) in [4.78, 5) is 39.0. The highest BCUT2D eigenvalue weighted by atomic mass is 32.1. The molecule has 4 atom stereocenters. The molecule has 5 rings (SSSR count). The molecule has 3 N–H and O–H groups in total. The lowest BCUT2D eigenvalue weighted by Crippen LogP contribution is -2.36. The number of amides is 2. The van der Waals surface area contributed by atoms with Gasteiger partial charge in [0.2, 0.25) is 5.91 Å². The number of carbonyl (C=O) groups excluding carboxylic acids is 2. The van der Waals surface area contributed by atoms with E-state index in [9.17, 15) is 19.5 Å². The zero-order valence-corrected chi connectivity index (χ0v) is 17.0. The Bertz CT molecular complexity index is 1040. The van der Waals surface area contributed by atoms with Gasteiger partial charge >= 0.3 is 5.97 Å². The third kappa shape index (κ3) is 3.15. The SMILES string of the molecule is O=C(NCc1ccco1)c1c(NC(=O)[C@H]2[C@@H](C(=O)O)[C@H]3C=C[C@H]2C3)sc2c1CCC2. The molecule has 0 spiro atoms. The number of carbonyl (C=O) groups is 3. The molecule has 3 aliphatic carbocycles. The minimum absolute atomic E-state index is 0.0564. The van der Waals surface area contributed by atoms with Crippen molar-refractivity contribution >= 4 is 34.1 Å². The van der Waals surface area contributed by atoms with Gasteiger partial charge in [0.1, 0.15) is 10.8 Å². The number of aryl methyl sites for hydroxylation is 1. The fourth-order valence-electron chi connectivity index (χ4n) is 5.11. The molecule has 2 bridgehead atoms. The van der Waals surface area contributed by atoms with E-state index >= 15 is 0 Å². The molecule has 0 aliphatic heterocycles. The number of hydrogen-bond donors (Lipinski definition) is 3. The van der Waals surface area contributed by atoms with Crippen LogP contribution in [0.25, 0.3) is 0 Å². The first-order valence-electron chi connectivity index (χ1n) is 10.2. The number of aliphatic carboxylic acids is 1. The van der Waals surface area contributed by atoms with E-state index in [1.54, 1.807) is 18.4 Å². The van der Waals surface area contributed by atoms with Crippen molar-refractivity contribution in [3.8, 4) is 0 Å². The molecular weight excluding hydrogens is 404 g/mol. The van der Waals surface area contributed by atoms with E-state index in [0.717, 1.165) is 29.7 Å². The number of nitrogens with one attached hydrogen (secondary N) is 2. The Hall–Kier alpha value is -2.87. The van der Waals surface area contributed by atoms with Crippen LogP contribution in [0, 0.1) is 23.7 Å². The fourth-order valence-corrected chi connectivity index (χ4v) is 6.40. The van der Waals surface area contributed by atoms with Gasteiger partial charge in [-0.2, -0.15) is 0 Å². The summed E-state index contributed by atoms with van der Waals surface area (Å²) in [7, 11) is 0. The van der Waals surface area contributed by atoms with Gasteiger partial charge in [-0.15, -0.1) is 11.3 Å². The predicted molar refractivity (Wildman–Crippen MR) is 110 cm³/mol. The van der Waals surface area contributed by atoms with Crippen LogP contribution in [0.3, 0.4) is 0 Å². The fraction of sp³-hybridized carbons (Fsp3) is 0.409. The first kappa shape index (κ1) is 19.1. The van der Waals surface area contributed by atoms with Crippen molar-refractivity contribution in [3.05, 3.63) is 52.3 Å². The highest BCUT2D eigenvalue weighted by molar-refractivity contribution is 7.17. The van der Waals surface area contributed by atoms with Crippen molar-refractivity contribution in [1.82, 2.24) is 5.32 Å². The smallest absolute Gasteiger partial charge is 0.307 e. The molecule has 3 aliphatic rings. The van der Waals surface area contributed by atoms with Crippen LogP contribution in [0.2, 0.25) is 0 Å². The number of allylic oxidation sites excluding steroid dienone is 2. The number of fused-ring (bicyclic) bond motifs is 3. The Labute approximate surface area is 177 Å². The summed E-state index contributed by atoms with van der Waals surface area (Å²) in [5.74, 6) is -2.29. The van der Waals surface area contributed by atoms with Crippen molar-refractivity contribution in [2.75, 3.05) is 5.32 Å². The maximum absolute atomic E-state index is 13.1. The number of hydrogen-bond acceptors (Lipinski definition) is 5. The van der Waals surface area contributed by atoms with Gasteiger partial charge in [-0.1, -0.05) is 12.2 Å². The first-order chi connectivity index (χ1) is 14.5. The number of carboxylic acids is 1. The third-order valence-corrected chi connectivity index (χ3v) is 7.64. The average Bonchev–Trinajstić information content (AvgIpc) is 3.51. The summed E-state index contributed by atoms with van der Waals surface area (Å²) >= 11 is 1.44. The van der Waals surface area contributed by atoms with Crippen LogP contribution in [0.15, 0.2) is 35.0 Å². The van der Waals surface area contributed by atoms with E-state index in [-0.39, 0.29) is 30.2 Å². The van der Waals surface area contributed by atoms with Crippen LogP contribution >= 0.6 is 11.3 Å². The van der Waals surface area contributed by atoms with Gasteiger partial charge in [0.15, 0.2) is 0 Å². The number of carboxylic acid groups (broad SMARTS) is 1. The Morgan fingerprint density at radius 1 is 1.17 bits per heavy atom. The molecule has 1 saturated carbocycles. The second-order valence-corrected chi connectivity index (χ2v) is 9.26. The quantitative estimate of drug-likeness (QED) is 0.615. The third-order valence-electron chi connectivity index (χ3n) is 6.44. The lowest BCUT2D eigenvalue weighted by Gasteiger charge is -2.23. The van der Waals surface area contributed by atoms with Gasteiger partial charge in [-0.05, 0) is 55.2 Å². The normalized spacial score (nSPS) is 26.0. The monoisotopic (exact) mass is 426 g/mol. The second kappa shape index (κ2) is 7.43.